The molecule has 0 amide bonds. The normalized spacial score (nSPS) is 9.22. The molecule has 0 heterocycles. The van der Waals surface area contributed by atoms with Crippen LogP contribution < -0.4 is 4.74 Å². The van der Waals surface area contributed by atoms with Gasteiger partial charge in [-0.2, -0.15) is 5.26 Å². The van der Waals surface area contributed by atoms with Gasteiger partial charge in [0.2, 0.25) is 0 Å². The average molecular weight is 233 g/mol. The van der Waals surface area contributed by atoms with Crippen molar-refractivity contribution in [3.8, 4) is 24.2 Å². The molecular formula is C16H11NO. The number of hydrogen-bond acceptors (Lipinski definition) is 2. The van der Waals surface area contributed by atoms with E-state index in [1.807, 2.05) is 36.4 Å². The number of hydrogen-bond donors (Lipinski definition) is 0. The zero-order chi connectivity index (χ0) is 12.8. The summed E-state index contributed by atoms with van der Waals surface area (Å²) >= 11 is 0. The summed E-state index contributed by atoms with van der Waals surface area (Å²) in [6.45, 7) is 0.435. The lowest BCUT2D eigenvalue weighted by molar-refractivity contribution is 0.305. The van der Waals surface area contributed by atoms with Gasteiger partial charge in [-0.05, 0) is 29.8 Å². The number of para-hydroxylation sites is 1. The third-order valence-corrected chi connectivity index (χ3v) is 2.52. The van der Waals surface area contributed by atoms with E-state index < -0.39 is 0 Å². The van der Waals surface area contributed by atoms with Crippen LogP contribution in [0.4, 0.5) is 0 Å². The van der Waals surface area contributed by atoms with Crippen LogP contribution in [0.3, 0.4) is 0 Å². The zero-order valence-electron chi connectivity index (χ0n) is 9.76. The molecule has 2 heteroatoms. The highest BCUT2D eigenvalue weighted by atomic mass is 16.5. The van der Waals surface area contributed by atoms with Crippen molar-refractivity contribution in [1.82, 2.24) is 0 Å². The summed E-state index contributed by atoms with van der Waals surface area (Å²) in [6, 6.07) is 16.8. The molecule has 0 bridgehead atoms. The van der Waals surface area contributed by atoms with Crippen LogP contribution in [0.25, 0.3) is 0 Å². The first-order chi connectivity index (χ1) is 8.83. The molecular weight excluding hydrogens is 222 g/mol. The van der Waals surface area contributed by atoms with Gasteiger partial charge in [0.25, 0.3) is 0 Å². The molecule has 2 rings (SSSR count). The molecule has 0 aromatic heterocycles. The summed E-state index contributed by atoms with van der Waals surface area (Å²) in [7, 11) is 0. The van der Waals surface area contributed by atoms with Gasteiger partial charge in [0.1, 0.15) is 12.4 Å². The quantitative estimate of drug-likeness (QED) is 0.763. The van der Waals surface area contributed by atoms with Crippen LogP contribution in [0.2, 0.25) is 0 Å². The summed E-state index contributed by atoms with van der Waals surface area (Å²) < 4.78 is 5.66. The Hall–Kier alpha value is -2.71. The summed E-state index contributed by atoms with van der Waals surface area (Å²) in [5.41, 5.74) is 2.38. The van der Waals surface area contributed by atoms with Gasteiger partial charge in [-0.25, -0.2) is 0 Å². The second-order valence-corrected chi connectivity index (χ2v) is 3.74. The van der Waals surface area contributed by atoms with E-state index in [-0.39, 0.29) is 0 Å². The third-order valence-electron chi connectivity index (χ3n) is 2.52. The molecule has 2 aromatic carbocycles. The standard InChI is InChI=1S/C16H11NO/c1-2-15-5-3-4-6-16(15)18-12-14-9-7-13(11-17)8-10-14/h1,3-10H,12H2. The maximum Gasteiger partial charge on any atom is 0.135 e. The predicted molar refractivity (Wildman–Crippen MR) is 69.9 cm³/mol. The minimum absolute atomic E-state index is 0.435. The van der Waals surface area contributed by atoms with Crippen molar-refractivity contribution >= 4 is 0 Å². The third kappa shape index (κ3) is 2.70. The van der Waals surface area contributed by atoms with E-state index >= 15 is 0 Å². The number of ether oxygens (including phenoxy) is 1. The summed E-state index contributed by atoms with van der Waals surface area (Å²) in [4.78, 5) is 0. The van der Waals surface area contributed by atoms with E-state index in [0.717, 1.165) is 11.1 Å². The number of terminal acetylenes is 1. The Balaban J connectivity index is 2.07. The van der Waals surface area contributed by atoms with Crippen LogP contribution in [0.5, 0.6) is 5.75 Å². The van der Waals surface area contributed by atoms with Crippen molar-refractivity contribution < 1.29 is 4.74 Å². The molecule has 86 valence electrons. The molecule has 18 heavy (non-hydrogen) atoms. The van der Waals surface area contributed by atoms with Gasteiger partial charge < -0.3 is 4.74 Å². The summed E-state index contributed by atoms with van der Waals surface area (Å²) in [5, 5.41) is 8.70. The largest absolute Gasteiger partial charge is 0.488 e. The summed E-state index contributed by atoms with van der Waals surface area (Å²) in [5.74, 6) is 3.28. The smallest absolute Gasteiger partial charge is 0.135 e. The molecule has 0 radical (unpaired) electrons. The molecule has 0 N–H and O–H groups in total. The van der Waals surface area contributed by atoms with Crippen molar-refractivity contribution in [2.24, 2.45) is 0 Å². The molecule has 0 unspecified atom stereocenters. The van der Waals surface area contributed by atoms with Gasteiger partial charge in [-0.15, -0.1) is 6.42 Å². The Bertz CT molecular complexity index is 615. The fourth-order valence-electron chi connectivity index (χ4n) is 1.55. The SMILES string of the molecule is C#Cc1ccccc1OCc1ccc(C#N)cc1. The lowest BCUT2D eigenvalue weighted by atomic mass is 10.1. The second kappa shape index (κ2) is 5.57. The Kier molecular flexibility index (Phi) is 3.64. The fourth-order valence-corrected chi connectivity index (χ4v) is 1.55. The predicted octanol–water partition coefficient (Wildman–Crippen LogP) is 3.12. The number of nitriles is 1. The Morgan fingerprint density at radius 3 is 2.44 bits per heavy atom. The monoisotopic (exact) mass is 233 g/mol. The van der Waals surface area contributed by atoms with Crippen molar-refractivity contribution in [2.45, 2.75) is 6.61 Å². The molecule has 0 aliphatic heterocycles. The van der Waals surface area contributed by atoms with Crippen molar-refractivity contribution in [2.75, 3.05) is 0 Å². The Morgan fingerprint density at radius 1 is 1.06 bits per heavy atom. The highest BCUT2D eigenvalue weighted by Gasteiger charge is 2.00. The summed E-state index contributed by atoms with van der Waals surface area (Å²) in [6.07, 6.45) is 5.39. The number of benzene rings is 2. The minimum Gasteiger partial charge on any atom is -0.488 e. The van der Waals surface area contributed by atoms with Gasteiger partial charge in [-0.1, -0.05) is 30.2 Å². The van der Waals surface area contributed by atoms with E-state index in [4.69, 9.17) is 16.4 Å². The highest BCUT2D eigenvalue weighted by molar-refractivity contribution is 5.44. The topological polar surface area (TPSA) is 33.0 Å². The Morgan fingerprint density at radius 2 is 1.78 bits per heavy atom. The first kappa shape index (κ1) is 11.8. The second-order valence-electron chi connectivity index (χ2n) is 3.74. The minimum atomic E-state index is 0.435. The van der Waals surface area contributed by atoms with Gasteiger partial charge in [0, 0.05) is 0 Å². The number of rotatable bonds is 3. The van der Waals surface area contributed by atoms with Crippen LogP contribution in [-0.4, -0.2) is 0 Å². The van der Waals surface area contributed by atoms with Gasteiger partial charge in [0.05, 0.1) is 17.2 Å². The lowest BCUT2D eigenvalue weighted by Crippen LogP contribution is -1.97. The van der Waals surface area contributed by atoms with Crippen molar-refractivity contribution in [1.29, 1.82) is 5.26 Å². The molecule has 0 saturated carbocycles. The first-order valence-electron chi connectivity index (χ1n) is 5.51. The van der Waals surface area contributed by atoms with Crippen LogP contribution in [0.15, 0.2) is 48.5 Å². The molecule has 0 spiro atoms. The van der Waals surface area contributed by atoms with Crippen LogP contribution in [0.1, 0.15) is 16.7 Å². The Labute approximate surface area is 106 Å². The molecule has 0 aliphatic rings. The van der Waals surface area contributed by atoms with Crippen molar-refractivity contribution in [3.05, 3.63) is 65.2 Å². The average Bonchev–Trinajstić information content (AvgIpc) is 2.46. The van der Waals surface area contributed by atoms with E-state index in [2.05, 4.69) is 12.0 Å². The first-order valence-corrected chi connectivity index (χ1v) is 5.51. The van der Waals surface area contributed by atoms with Crippen LogP contribution in [0, 0.1) is 23.7 Å². The highest BCUT2D eigenvalue weighted by Crippen LogP contribution is 2.18. The van der Waals surface area contributed by atoms with E-state index in [0.29, 0.717) is 17.9 Å². The van der Waals surface area contributed by atoms with E-state index in [1.54, 1.807) is 12.1 Å². The molecule has 2 aromatic rings. The van der Waals surface area contributed by atoms with E-state index in [1.165, 1.54) is 0 Å². The maximum atomic E-state index is 8.70. The number of nitrogens with zero attached hydrogens (tertiary/aromatic N) is 1. The molecule has 0 fully saturated rings. The fraction of sp³-hybridized carbons (Fsp3) is 0.0625. The zero-order valence-corrected chi connectivity index (χ0v) is 9.76. The van der Waals surface area contributed by atoms with Crippen molar-refractivity contribution in [3.63, 3.8) is 0 Å². The molecule has 2 nitrogen and oxygen atoms in total. The van der Waals surface area contributed by atoms with Gasteiger partial charge >= 0.3 is 0 Å². The van der Waals surface area contributed by atoms with Gasteiger partial charge in [0.15, 0.2) is 0 Å². The maximum absolute atomic E-state index is 8.70. The van der Waals surface area contributed by atoms with Crippen LogP contribution in [-0.2, 0) is 6.61 Å². The molecule has 0 atom stereocenters. The van der Waals surface area contributed by atoms with E-state index in [9.17, 15) is 0 Å². The lowest BCUT2D eigenvalue weighted by Gasteiger charge is -2.08. The van der Waals surface area contributed by atoms with Crippen LogP contribution >= 0.6 is 0 Å². The van der Waals surface area contributed by atoms with Gasteiger partial charge in [-0.3, -0.25) is 0 Å². The molecule has 0 aliphatic carbocycles. The molecule has 0 saturated heterocycles.